The molecule has 0 saturated carbocycles. The number of hydrogen-bond acceptors (Lipinski definition) is 4. The van der Waals surface area contributed by atoms with Gasteiger partial charge in [0.05, 0.1) is 5.69 Å². The first-order valence-corrected chi connectivity index (χ1v) is 9.34. The van der Waals surface area contributed by atoms with E-state index in [4.69, 9.17) is 0 Å². The summed E-state index contributed by atoms with van der Waals surface area (Å²) in [5.74, 6) is -0.0607. The van der Waals surface area contributed by atoms with E-state index in [2.05, 4.69) is 10.3 Å². The fourth-order valence-electron chi connectivity index (χ4n) is 3.28. The number of benzene rings is 1. The molecular weight excluding hydrogens is 342 g/mol. The highest BCUT2D eigenvalue weighted by molar-refractivity contribution is 6.05. The number of amides is 2. The molecule has 0 atom stereocenters. The Morgan fingerprint density at radius 3 is 2.59 bits per heavy atom. The molecule has 1 aromatic heterocycles. The molecular formula is C20H27N5O2. The number of nitrogens with one attached hydrogen (secondary N) is 1. The van der Waals surface area contributed by atoms with Crippen molar-refractivity contribution in [3.63, 3.8) is 0 Å². The van der Waals surface area contributed by atoms with Gasteiger partial charge in [-0.3, -0.25) is 9.59 Å². The molecule has 1 N–H and O–H groups in total. The number of carbonyl (C=O) groups excluding carboxylic acids is 2. The Kier molecular flexibility index (Phi) is 5.91. The Balaban J connectivity index is 1.86. The van der Waals surface area contributed by atoms with E-state index in [9.17, 15) is 9.59 Å². The molecule has 0 spiro atoms. The minimum atomic E-state index is -0.205. The van der Waals surface area contributed by atoms with Crippen molar-refractivity contribution in [2.45, 2.75) is 25.8 Å². The zero-order valence-electron chi connectivity index (χ0n) is 16.2. The van der Waals surface area contributed by atoms with Crippen molar-refractivity contribution >= 4 is 17.5 Å². The average molecular weight is 369 g/mol. The van der Waals surface area contributed by atoms with Gasteiger partial charge in [-0.15, -0.1) is 0 Å². The third-order valence-corrected chi connectivity index (χ3v) is 4.82. The van der Waals surface area contributed by atoms with E-state index in [0.29, 0.717) is 18.1 Å². The van der Waals surface area contributed by atoms with Crippen LogP contribution in [0, 0.1) is 0 Å². The van der Waals surface area contributed by atoms with Crippen LogP contribution in [0.5, 0.6) is 0 Å². The van der Waals surface area contributed by atoms with Gasteiger partial charge < -0.3 is 19.7 Å². The third kappa shape index (κ3) is 4.19. The van der Waals surface area contributed by atoms with Crippen LogP contribution in [0.15, 0.2) is 30.3 Å². The second kappa shape index (κ2) is 8.35. The summed E-state index contributed by atoms with van der Waals surface area (Å²) in [7, 11) is 5.65. The molecule has 7 heteroatoms. The fraction of sp³-hybridized carbons (Fsp3) is 0.450. The van der Waals surface area contributed by atoms with Crippen LogP contribution >= 0.6 is 0 Å². The Morgan fingerprint density at radius 1 is 1.15 bits per heavy atom. The molecule has 0 bridgehead atoms. The van der Waals surface area contributed by atoms with Crippen LogP contribution in [0.3, 0.4) is 0 Å². The van der Waals surface area contributed by atoms with E-state index in [-0.39, 0.29) is 11.8 Å². The monoisotopic (exact) mass is 369 g/mol. The van der Waals surface area contributed by atoms with E-state index in [1.54, 1.807) is 11.9 Å². The van der Waals surface area contributed by atoms with E-state index < -0.39 is 0 Å². The zero-order valence-corrected chi connectivity index (χ0v) is 16.2. The van der Waals surface area contributed by atoms with Crippen molar-refractivity contribution in [1.29, 1.82) is 0 Å². The number of anilines is 1. The van der Waals surface area contributed by atoms with Crippen LogP contribution in [-0.2, 0) is 13.0 Å². The van der Waals surface area contributed by atoms with Gasteiger partial charge in [0, 0.05) is 32.4 Å². The number of para-hydroxylation sites is 1. The van der Waals surface area contributed by atoms with Gasteiger partial charge in [0.1, 0.15) is 5.69 Å². The Labute approximate surface area is 160 Å². The van der Waals surface area contributed by atoms with E-state index in [1.807, 2.05) is 53.9 Å². The summed E-state index contributed by atoms with van der Waals surface area (Å²) in [5, 5.41) is 2.91. The molecule has 1 aliphatic rings. The summed E-state index contributed by atoms with van der Waals surface area (Å²) in [6, 6.07) is 9.46. The molecule has 2 amide bonds. The molecule has 2 heterocycles. The molecule has 0 aliphatic carbocycles. The van der Waals surface area contributed by atoms with Gasteiger partial charge >= 0.3 is 0 Å². The third-order valence-electron chi connectivity index (χ3n) is 4.82. The zero-order chi connectivity index (χ0) is 19.4. The average Bonchev–Trinajstić information content (AvgIpc) is 3.07. The SMILES string of the molecule is CN(C)CCNC(=O)c1nc(C(=O)N(C)c2ccccc2)n2c1CCCC2. The van der Waals surface area contributed by atoms with Crippen molar-refractivity contribution in [1.82, 2.24) is 19.8 Å². The second-order valence-corrected chi connectivity index (χ2v) is 7.10. The maximum atomic E-state index is 13.1. The number of nitrogens with zero attached hydrogens (tertiary/aromatic N) is 4. The van der Waals surface area contributed by atoms with Gasteiger partial charge in [0.2, 0.25) is 5.82 Å². The van der Waals surface area contributed by atoms with Gasteiger partial charge in [-0.05, 0) is 45.5 Å². The lowest BCUT2D eigenvalue weighted by atomic mass is 10.1. The number of aromatic nitrogens is 2. The first kappa shape index (κ1) is 19.1. The predicted octanol–water partition coefficient (Wildman–Crippen LogP) is 1.79. The summed E-state index contributed by atoms with van der Waals surface area (Å²) < 4.78 is 1.92. The molecule has 0 unspecified atom stereocenters. The quantitative estimate of drug-likeness (QED) is 0.843. The number of likely N-dealkylation sites (N-methyl/N-ethyl adjacent to an activating group) is 1. The predicted molar refractivity (Wildman–Crippen MR) is 105 cm³/mol. The lowest BCUT2D eigenvalue weighted by Crippen LogP contribution is -2.32. The molecule has 1 aliphatic heterocycles. The largest absolute Gasteiger partial charge is 0.349 e. The van der Waals surface area contributed by atoms with Gasteiger partial charge in [0.25, 0.3) is 11.8 Å². The van der Waals surface area contributed by atoms with E-state index in [0.717, 1.165) is 43.7 Å². The first-order chi connectivity index (χ1) is 13.0. The molecule has 27 heavy (non-hydrogen) atoms. The number of imidazole rings is 1. The minimum absolute atomic E-state index is 0.198. The Morgan fingerprint density at radius 2 is 1.89 bits per heavy atom. The molecule has 3 rings (SSSR count). The highest BCUT2D eigenvalue weighted by Gasteiger charge is 2.29. The number of carbonyl (C=O) groups is 2. The molecule has 7 nitrogen and oxygen atoms in total. The highest BCUT2D eigenvalue weighted by atomic mass is 16.2. The van der Waals surface area contributed by atoms with Crippen LogP contribution in [0.4, 0.5) is 5.69 Å². The Hall–Kier alpha value is -2.67. The number of hydrogen-bond donors (Lipinski definition) is 1. The standard InChI is InChI=1S/C20H27N5O2/c1-23(2)14-12-21-19(26)17-16-11-7-8-13-25(16)18(22-17)20(27)24(3)15-9-5-4-6-10-15/h4-6,9-10H,7-8,11-14H2,1-3H3,(H,21,26). The lowest BCUT2D eigenvalue weighted by Gasteiger charge is -2.20. The molecule has 0 fully saturated rings. The molecule has 0 saturated heterocycles. The maximum absolute atomic E-state index is 13.1. The summed E-state index contributed by atoms with van der Waals surface area (Å²) in [6.45, 7) is 2.02. The second-order valence-electron chi connectivity index (χ2n) is 7.10. The van der Waals surface area contributed by atoms with Crippen molar-refractivity contribution in [3.8, 4) is 0 Å². The summed E-state index contributed by atoms with van der Waals surface area (Å²) >= 11 is 0. The van der Waals surface area contributed by atoms with E-state index >= 15 is 0 Å². The van der Waals surface area contributed by atoms with Crippen LogP contribution in [0.2, 0.25) is 0 Å². The maximum Gasteiger partial charge on any atom is 0.294 e. The molecule has 0 radical (unpaired) electrons. The molecule has 2 aromatic rings. The lowest BCUT2D eigenvalue weighted by molar-refractivity contribution is 0.0945. The number of fused-ring (bicyclic) bond motifs is 1. The normalized spacial score (nSPS) is 13.3. The van der Waals surface area contributed by atoms with Crippen molar-refractivity contribution < 1.29 is 9.59 Å². The van der Waals surface area contributed by atoms with Crippen molar-refractivity contribution in [2.24, 2.45) is 0 Å². The van der Waals surface area contributed by atoms with Gasteiger partial charge in [-0.25, -0.2) is 4.98 Å². The van der Waals surface area contributed by atoms with Gasteiger partial charge in [-0.1, -0.05) is 18.2 Å². The van der Waals surface area contributed by atoms with Crippen LogP contribution in [0.25, 0.3) is 0 Å². The smallest absolute Gasteiger partial charge is 0.294 e. The van der Waals surface area contributed by atoms with Crippen LogP contribution in [-0.4, -0.2) is 60.5 Å². The first-order valence-electron chi connectivity index (χ1n) is 9.34. The summed E-state index contributed by atoms with van der Waals surface area (Å²) in [5.41, 5.74) is 2.05. The summed E-state index contributed by atoms with van der Waals surface area (Å²) in [4.78, 5) is 33.8. The van der Waals surface area contributed by atoms with Gasteiger partial charge in [-0.2, -0.15) is 0 Å². The van der Waals surface area contributed by atoms with Crippen LogP contribution < -0.4 is 10.2 Å². The topological polar surface area (TPSA) is 70.5 Å². The van der Waals surface area contributed by atoms with E-state index in [1.165, 1.54) is 0 Å². The molecule has 144 valence electrons. The van der Waals surface area contributed by atoms with Gasteiger partial charge in [0.15, 0.2) is 0 Å². The minimum Gasteiger partial charge on any atom is -0.349 e. The highest BCUT2D eigenvalue weighted by Crippen LogP contribution is 2.23. The molecule has 1 aromatic carbocycles. The fourth-order valence-corrected chi connectivity index (χ4v) is 3.28. The van der Waals surface area contributed by atoms with Crippen molar-refractivity contribution in [2.75, 3.05) is 39.1 Å². The number of rotatable bonds is 6. The Bertz CT molecular complexity index is 813. The van der Waals surface area contributed by atoms with Crippen molar-refractivity contribution in [3.05, 3.63) is 47.5 Å². The summed E-state index contributed by atoms with van der Waals surface area (Å²) in [6.07, 6.45) is 2.76. The van der Waals surface area contributed by atoms with Crippen LogP contribution in [0.1, 0.15) is 39.6 Å².